The molecule has 40 heavy (non-hydrogen) atoms. The predicted molar refractivity (Wildman–Crippen MR) is 153 cm³/mol. The lowest BCUT2D eigenvalue weighted by Gasteiger charge is -2.25. The highest BCUT2D eigenvalue weighted by molar-refractivity contribution is 5.99. The lowest BCUT2D eigenvalue weighted by atomic mass is 10.0. The molecule has 2 heterocycles. The number of hydrogen-bond acceptors (Lipinski definition) is 6. The van der Waals surface area contributed by atoms with Crippen LogP contribution in [0.1, 0.15) is 97.0 Å². The third-order valence-electron chi connectivity index (χ3n) is 7.45. The molecule has 2 unspecified atom stereocenters. The van der Waals surface area contributed by atoms with Crippen LogP contribution in [0.25, 0.3) is 0 Å². The average Bonchev–Trinajstić information content (AvgIpc) is 3.75. The minimum Gasteiger partial charge on any atom is -0.388 e. The van der Waals surface area contributed by atoms with Crippen molar-refractivity contribution in [3.05, 3.63) is 23.5 Å². The number of amides is 1. The van der Waals surface area contributed by atoms with Crippen molar-refractivity contribution in [3.8, 4) is 0 Å². The Labute approximate surface area is 236 Å². The minimum atomic E-state index is -4.63. The van der Waals surface area contributed by atoms with Gasteiger partial charge in [0.2, 0.25) is 5.91 Å². The zero-order chi connectivity index (χ0) is 29.1. The van der Waals surface area contributed by atoms with Gasteiger partial charge < -0.3 is 21.3 Å². The van der Waals surface area contributed by atoms with E-state index in [9.17, 15) is 18.0 Å². The third kappa shape index (κ3) is 9.96. The van der Waals surface area contributed by atoms with Crippen molar-refractivity contribution in [1.29, 1.82) is 0 Å². The van der Waals surface area contributed by atoms with E-state index < -0.39 is 11.7 Å². The van der Waals surface area contributed by atoms with E-state index in [0.717, 1.165) is 76.0 Å². The van der Waals surface area contributed by atoms with Crippen LogP contribution in [-0.4, -0.2) is 52.3 Å². The molecule has 2 fully saturated rings. The number of aromatic nitrogens is 2. The fourth-order valence-electron chi connectivity index (χ4n) is 5.00. The maximum atomic E-state index is 13.8. The fourth-order valence-corrected chi connectivity index (χ4v) is 5.00. The van der Waals surface area contributed by atoms with Gasteiger partial charge in [-0.15, -0.1) is 0 Å². The quantitative estimate of drug-likeness (QED) is 0.173. The summed E-state index contributed by atoms with van der Waals surface area (Å²) in [6.07, 6.45) is 8.87. The summed E-state index contributed by atoms with van der Waals surface area (Å²) in [5.41, 5.74) is 6.25. The molecule has 11 heteroatoms. The van der Waals surface area contributed by atoms with Gasteiger partial charge in [-0.3, -0.25) is 4.79 Å². The molecule has 0 radical (unpaired) electrons. The highest BCUT2D eigenvalue weighted by Gasteiger charge is 2.35. The standard InChI is InChI=1S/C29H46F3N7O/c1-4-6-11-22(10-5-2)34-17-23(21-13-14-21)26(33)37-28-36-18-24(29(30,31)32)27(38-28)35-16-20(3)19-39-15-9-7-8-12-25(39)40/h17-18,20-22,34H,4-16,19H2,1-3H3,(H3,33,35,36,37,38)/b23-17-. The molecular weight excluding hydrogens is 519 g/mol. The molecule has 8 nitrogen and oxygen atoms in total. The summed E-state index contributed by atoms with van der Waals surface area (Å²) >= 11 is 0. The van der Waals surface area contributed by atoms with Gasteiger partial charge in [-0.2, -0.15) is 23.1 Å². The summed E-state index contributed by atoms with van der Waals surface area (Å²) in [4.78, 5) is 26.5. The lowest BCUT2D eigenvalue weighted by Crippen LogP contribution is -2.36. The molecule has 224 valence electrons. The number of carbonyl (C=O) groups excluding carboxylic acids is 1. The topological polar surface area (TPSA) is 109 Å². The molecule has 3 rings (SSSR count). The molecule has 1 aliphatic carbocycles. The number of amidine groups is 1. The largest absolute Gasteiger partial charge is 0.421 e. The summed E-state index contributed by atoms with van der Waals surface area (Å²) in [6, 6.07) is 0.344. The van der Waals surface area contributed by atoms with E-state index in [-0.39, 0.29) is 41.9 Å². The Kier molecular flexibility index (Phi) is 12.1. The van der Waals surface area contributed by atoms with Gasteiger partial charge in [0.05, 0.1) is 0 Å². The molecule has 1 aliphatic heterocycles. The van der Waals surface area contributed by atoms with Crippen LogP contribution in [0.3, 0.4) is 0 Å². The molecule has 1 amide bonds. The Bertz CT molecular complexity index is 1020. The minimum absolute atomic E-state index is 0.0747. The number of unbranched alkanes of at least 4 members (excludes halogenated alkanes) is 1. The first-order valence-corrected chi connectivity index (χ1v) is 14.9. The zero-order valence-electron chi connectivity index (χ0n) is 24.2. The Hall–Kier alpha value is -2.85. The number of nitrogens with zero attached hydrogens (tertiary/aromatic N) is 4. The highest BCUT2D eigenvalue weighted by atomic mass is 19.4. The second-order valence-electron chi connectivity index (χ2n) is 11.2. The first kappa shape index (κ1) is 31.7. The molecule has 1 saturated carbocycles. The summed E-state index contributed by atoms with van der Waals surface area (Å²) in [6.45, 7) is 7.62. The molecule has 1 saturated heterocycles. The van der Waals surface area contributed by atoms with Gasteiger partial charge in [0.15, 0.2) is 0 Å². The van der Waals surface area contributed by atoms with Crippen molar-refractivity contribution in [1.82, 2.24) is 20.2 Å². The zero-order valence-corrected chi connectivity index (χ0v) is 24.2. The van der Waals surface area contributed by atoms with E-state index in [1.807, 2.05) is 18.0 Å². The Morgan fingerprint density at radius 3 is 2.67 bits per heavy atom. The Balaban J connectivity index is 1.75. The summed E-state index contributed by atoms with van der Waals surface area (Å²) < 4.78 is 41.3. The van der Waals surface area contributed by atoms with E-state index in [0.29, 0.717) is 25.6 Å². The number of halogens is 3. The molecular formula is C29H46F3N7O. The lowest BCUT2D eigenvalue weighted by molar-refractivity contribution is -0.137. The van der Waals surface area contributed by atoms with Gasteiger partial charge in [-0.1, -0.05) is 46.5 Å². The second kappa shape index (κ2) is 15.2. The molecule has 0 bridgehead atoms. The number of nitrogens with two attached hydrogens (primary N) is 1. The van der Waals surface area contributed by atoms with Gasteiger partial charge in [0, 0.05) is 50.1 Å². The molecule has 1 aromatic heterocycles. The van der Waals surface area contributed by atoms with Gasteiger partial charge >= 0.3 is 6.18 Å². The number of likely N-dealkylation sites (tertiary alicyclic amines) is 1. The maximum Gasteiger partial charge on any atom is 0.421 e. The summed E-state index contributed by atoms with van der Waals surface area (Å²) in [5.74, 6) is 0.0785. The maximum absolute atomic E-state index is 13.8. The van der Waals surface area contributed by atoms with Crippen LogP contribution in [0.5, 0.6) is 0 Å². The number of aliphatic imine (C=N–C) groups is 1. The number of alkyl halides is 3. The Morgan fingerprint density at radius 2 is 2.00 bits per heavy atom. The van der Waals surface area contributed by atoms with Crippen LogP contribution in [0.2, 0.25) is 0 Å². The number of anilines is 1. The van der Waals surface area contributed by atoms with Crippen LogP contribution in [0.15, 0.2) is 23.0 Å². The Morgan fingerprint density at radius 1 is 1.23 bits per heavy atom. The fraction of sp³-hybridized carbons (Fsp3) is 0.724. The van der Waals surface area contributed by atoms with Crippen molar-refractivity contribution in [2.45, 2.75) is 104 Å². The van der Waals surface area contributed by atoms with Crippen LogP contribution in [0.4, 0.5) is 24.9 Å². The smallest absolute Gasteiger partial charge is 0.388 e. The number of nitrogens with one attached hydrogen (secondary N) is 2. The summed E-state index contributed by atoms with van der Waals surface area (Å²) in [5, 5.41) is 6.35. The van der Waals surface area contributed by atoms with Crippen LogP contribution in [0, 0.1) is 11.8 Å². The number of rotatable bonds is 15. The van der Waals surface area contributed by atoms with Crippen LogP contribution >= 0.6 is 0 Å². The van der Waals surface area contributed by atoms with Crippen LogP contribution in [-0.2, 0) is 11.0 Å². The van der Waals surface area contributed by atoms with Crippen molar-refractivity contribution >= 4 is 23.5 Å². The molecule has 1 aromatic rings. The van der Waals surface area contributed by atoms with Gasteiger partial charge in [-0.05, 0) is 50.4 Å². The van der Waals surface area contributed by atoms with E-state index >= 15 is 0 Å². The first-order valence-electron chi connectivity index (χ1n) is 14.9. The highest BCUT2D eigenvalue weighted by Crippen LogP contribution is 2.37. The van der Waals surface area contributed by atoms with Gasteiger partial charge in [-0.25, -0.2) is 4.98 Å². The van der Waals surface area contributed by atoms with E-state index in [2.05, 4.69) is 39.4 Å². The van der Waals surface area contributed by atoms with Crippen LogP contribution < -0.4 is 16.4 Å². The van der Waals surface area contributed by atoms with E-state index in [4.69, 9.17) is 5.73 Å². The third-order valence-corrected chi connectivity index (χ3v) is 7.45. The van der Waals surface area contributed by atoms with Crippen molar-refractivity contribution in [2.75, 3.05) is 25.0 Å². The number of carbonyl (C=O) groups is 1. The first-order chi connectivity index (χ1) is 19.1. The number of hydrogen-bond donors (Lipinski definition) is 3. The van der Waals surface area contributed by atoms with E-state index in [1.54, 1.807) is 0 Å². The van der Waals surface area contributed by atoms with Crippen molar-refractivity contribution in [3.63, 3.8) is 0 Å². The predicted octanol–water partition coefficient (Wildman–Crippen LogP) is 6.18. The van der Waals surface area contributed by atoms with E-state index in [1.165, 1.54) is 0 Å². The van der Waals surface area contributed by atoms with Gasteiger partial charge in [0.1, 0.15) is 17.2 Å². The SMILES string of the molecule is CCCCC(CCC)N/C=C(\C(N)=N\c1ncc(C(F)(F)F)c(NCC(C)CN2CCCCCC2=O)n1)C1CC1. The molecule has 2 atom stereocenters. The second-order valence-corrected chi connectivity index (χ2v) is 11.2. The van der Waals surface area contributed by atoms with Crippen molar-refractivity contribution in [2.24, 2.45) is 22.6 Å². The molecule has 2 aliphatic rings. The molecule has 0 aromatic carbocycles. The summed E-state index contributed by atoms with van der Waals surface area (Å²) in [7, 11) is 0. The average molecular weight is 566 g/mol. The molecule has 4 N–H and O–H groups in total. The normalized spacial score (nSPS) is 18.9. The molecule has 0 spiro atoms. The van der Waals surface area contributed by atoms with Gasteiger partial charge in [0.25, 0.3) is 5.95 Å². The monoisotopic (exact) mass is 565 g/mol. The van der Waals surface area contributed by atoms with Crippen molar-refractivity contribution < 1.29 is 18.0 Å².